The molecule has 202 valence electrons. The Morgan fingerprint density at radius 1 is 0.921 bits per heavy atom. The van der Waals surface area contributed by atoms with Crippen molar-refractivity contribution in [3.63, 3.8) is 0 Å². The van der Waals surface area contributed by atoms with Crippen molar-refractivity contribution < 1.29 is 18.0 Å². The highest BCUT2D eigenvalue weighted by Crippen LogP contribution is 2.26. The van der Waals surface area contributed by atoms with Crippen LogP contribution in [0.5, 0.6) is 0 Å². The van der Waals surface area contributed by atoms with Gasteiger partial charge < -0.3 is 10.2 Å². The van der Waals surface area contributed by atoms with Gasteiger partial charge in [0.2, 0.25) is 11.8 Å². The van der Waals surface area contributed by atoms with E-state index >= 15 is 0 Å². The number of nitrogens with one attached hydrogen (secondary N) is 1. The van der Waals surface area contributed by atoms with Gasteiger partial charge in [-0.05, 0) is 61.4 Å². The molecule has 7 nitrogen and oxygen atoms in total. The lowest BCUT2D eigenvalue weighted by molar-refractivity contribution is -0.139. The van der Waals surface area contributed by atoms with Crippen LogP contribution in [-0.4, -0.2) is 44.3 Å². The molecule has 1 atom stereocenters. The van der Waals surface area contributed by atoms with Crippen molar-refractivity contribution >= 4 is 50.7 Å². The highest BCUT2D eigenvalue weighted by Gasteiger charge is 2.32. The number of anilines is 1. The Morgan fingerprint density at radius 2 is 1.55 bits per heavy atom. The van der Waals surface area contributed by atoms with Crippen molar-refractivity contribution in [2.24, 2.45) is 0 Å². The van der Waals surface area contributed by atoms with E-state index in [9.17, 15) is 18.0 Å². The van der Waals surface area contributed by atoms with Crippen molar-refractivity contribution in [3.8, 4) is 0 Å². The van der Waals surface area contributed by atoms with E-state index in [1.165, 1.54) is 29.2 Å². The summed E-state index contributed by atoms with van der Waals surface area (Å²) in [6.45, 7) is 3.61. The minimum Gasteiger partial charge on any atom is -0.354 e. The second-order valence-corrected chi connectivity index (χ2v) is 11.4. The molecule has 0 unspecified atom stereocenters. The zero-order valence-corrected chi connectivity index (χ0v) is 23.6. The Kier molecular flexibility index (Phi) is 10.6. The van der Waals surface area contributed by atoms with Crippen LogP contribution in [0.4, 0.5) is 5.69 Å². The number of carbonyl (C=O) groups is 2. The van der Waals surface area contributed by atoms with Crippen LogP contribution in [0.15, 0.2) is 83.8 Å². The third-order valence-corrected chi connectivity index (χ3v) is 8.43. The van der Waals surface area contributed by atoms with Crippen LogP contribution in [0, 0.1) is 0 Å². The monoisotopic (exact) mass is 575 g/mol. The molecule has 3 aromatic carbocycles. The molecule has 0 saturated carbocycles. The molecule has 0 fully saturated rings. The van der Waals surface area contributed by atoms with Crippen LogP contribution in [0.3, 0.4) is 0 Å². The summed E-state index contributed by atoms with van der Waals surface area (Å²) in [5.41, 5.74) is 0.907. The first-order chi connectivity index (χ1) is 18.1. The number of sulfonamides is 1. The highest BCUT2D eigenvalue weighted by molar-refractivity contribution is 7.92. The Hall–Kier alpha value is -3.07. The highest BCUT2D eigenvalue weighted by atomic mass is 35.5. The third-order valence-electron chi connectivity index (χ3n) is 6.02. The van der Waals surface area contributed by atoms with E-state index in [0.29, 0.717) is 22.2 Å². The number of hydrogen-bond acceptors (Lipinski definition) is 4. The molecule has 2 amide bonds. The molecular formula is C28H31Cl2N3O4S. The van der Waals surface area contributed by atoms with Gasteiger partial charge in [-0.3, -0.25) is 13.9 Å². The molecule has 38 heavy (non-hydrogen) atoms. The summed E-state index contributed by atoms with van der Waals surface area (Å²) in [7, 11) is -4.12. The summed E-state index contributed by atoms with van der Waals surface area (Å²) in [5, 5.41) is 3.72. The third kappa shape index (κ3) is 7.49. The first-order valence-corrected chi connectivity index (χ1v) is 14.5. The van der Waals surface area contributed by atoms with Crippen molar-refractivity contribution in [2.45, 2.75) is 44.2 Å². The number of halogens is 2. The molecule has 0 saturated heterocycles. The topological polar surface area (TPSA) is 86.8 Å². The smallest absolute Gasteiger partial charge is 0.264 e. The average Bonchev–Trinajstić information content (AvgIpc) is 2.92. The maximum atomic E-state index is 13.8. The van der Waals surface area contributed by atoms with E-state index in [4.69, 9.17) is 23.2 Å². The van der Waals surface area contributed by atoms with Crippen molar-refractivity contribution in [2.75, 3.05) is 17.4 Å². The van der Waals surface area contributed by atoms with Gasteiger partial charge in [0.05, 0.1) is 10.6 Å². The van der Waals surface area contributed by atoms with E-state index in [2.05, 4.69) is 5.32 Å². The summed E-state index contributed by atoms with van der Waals surface area (Å²) in [6, 6.07) is 20.2. The van der Waals surface area contributed by atoms with Crippen LogP contribution in [0.1, 0.15) is 32.3 Å². The van der Waals surface area contributed by atoms with Gasteiger partial charge in [-0.25, -0.2) is 8.42 Å². The minimum atomic E-state index is -4.12. The van der Waals surface area contributed by atoms with Crippen LogP contribution in [-0.2, 0) is 26.2 Å². The van der Waals surface area contributed by atoms with Crippen molar-refractivity contribution in [1.29, 1.82) is 0 Å². The normalized spacial score (nSPS) is 12.0. The number of amides is 2. The number of nitrogens with zero attached hydrogens (tertiary/aromatic N) is 2. The fourth-order valence-electron chi connectivity index (χ4n) is 3.78. The van der Waals surface area contributed by atoms with Crippen molar-refractivity contribution in [1.82, 2.24) is 10.2 Å². The van der Waals surface area contributed by atoms with Gasteiger partial charge in [-0.2, -0.15) is 0 Å². The molecular weight excluding hydrogens is 545 g/mol. The Morgan fingerprint density at radius 3 is 2.18 bits per heavy atom. The first-order valence-electron chi connectivity index (χ1n) is 12.3. The predicted octanol–water partition coefficient (Wildman–Crippen LogP) is 5.52. The molecule has 0 bridgehead atoms. The maximum Gasteiger partial charge on any atom is 0.264 e. The second kappa shape index (κ2) is 13.6. The van der Waals surface area contributed by atoms with E-state index in [1.54, 1.807) is 61.5 Å². The number of rotatable bonds is 12. The fraction of sp³-hybridized carbons (Fsp3) is 0.286. The molecule has 3 aromatic rings. The lowest BCUT2D eigenvalue weighted by Crippen LogP contribution is -2.51. The Bertz CT molecular complexity index is 1340. The molecule has 10 heteroatoms. The number of unbranched alkanes of at least 4 members (excludes halogenated alkanes) is 1. The van der Waals surface area contributed by atoms with E-state index in [-0.39, 0.29) is 23.0 Å². The van der Waals surface area contributed by atoms with Crippen LogP contribution in [0.2, 0.25) is 10.0 Å². The van der Waals surface area contributed by atoms with Crippen molar-refractivity contribution in [3.05, 3.63) is 94.5 Å². The summed E-state index contributed by atoms with van der Waals surface area (Å²) in [6.07, 6.45) is 1.71. The van der Waals surface area contributed by atoms with Gasteiger partial charge in [-0.15, -0.1) is 0 Å². The van der Waals surface area contributed by atoms with Gasteiger partial charge in [-0.1, -0.05) is 72.9 Å². The van der Waals surface area contributed by atoms with E-state index in [0.717, 1.165) is 17.1 Å². The summed E-state index contributed by atoms with van der Waals surface area (Å²) in [5.74, 6) is -0.889. The Labute approximate surface area is 234 Å². The SMILES string of the molecule is CCCCNC(=O)[C@@H](C)N(Cc1ccccc1Cl)C(=O)CN(c1ccc(Cl)cc1)S(=O)(=O)c1ccccc1. The Balaban J connectivity index is 1.99. The quantitative estimate of drug-likeness (QED) is 0.288. The number of carbonyl (C=O) groups excluding carboxylic acids is 2. The summed E-state index contributed by atoms with van der Waals surface area (Å²) in [4.78, 5) is 28.2. The molecule has 1 N–H and O–H groups in total. The van der Waals surface area contributed by atoms with Gasteiger partial charge >= 0.3 is 0 Å². The number of hydrogen-bond donors (Lipinski definition) is 1. The molecule has 0 radical (unpaired) electrons. The molecule has 3 rings (SSSR count). The zero-order chi connectivity index (χ0) is 27.7. The molecule has 0 heterocycles. The molecule has 0 aliphatic heterocycles. The molecule has 0 spiro atoms. The zero-order valence-electron chi connectivity index (χ0n) is 21.3. The van der Waals surface area contributed by atoms with Crippen LogP contribution in [0.25, 0.3) is 0 Å². The van der Waals surface area contributed by atoms with Gasteiger partial charge in [0, 0.05) is 23.1 Å². The second-order valence-electron chi connectivity index (χ2n) is 8.73. The standard InChI is InChI=1S/C28H31Cl2N3O4S/c1-3-4-18-31-28(35)21(2)32(19-22-10-8-9-13-26(22)30)27(34)20-33(24-16-14-23(29)15-17-24)38(36,37)25-11-6-5-7-12-25/h5-17,21H,3-4,18-20H2,1-2H3,(H,31,35)/t21-/m1/s1. The van der Waals surface area contributed by atoms with Gasteiger partial charge in [0.25, 0.3) is 10.0 Å². The summed E-state index contributed by atoms with van der Waals surface area (Å²) < 4.78 is 28.4. The fourth-order valence-corrected chi connectivity index (χ4v) is 5.54. The van der Waals surface area contributed by atoms with E-state index < -0.39 is 28.5 Å². The lowest BCUT2D eigenvalue weighted by Gasteiger charge is -2.32. The van der Waals surface area contributed by atoms with Gasteiger partial charge in [0.1, 0.15) is 12.6 Å². The largest absolute Gasteiger partial charge is 0.354 e. The van der Waals surface area contributed by atoms with Crippen LogP contribution < -0.4 is 9.62 Å². The number of benzene rings is 3. The lowest BCUT2D eigenvalue weighted by atomic mass is 10.1. The average molecular weight is 577 g/mol. The van der Waals surface area contributed by atoms with Gasteiger partial charge in [0.15, 0.2) is 0 Å². The molecule has 0 aliphatic carbocycles. The molecule has 0 aromatic heterocycles. The van der Waals surface area contributed by atoms with E-state index in [1.807, 2.05) is 6.92 Å². The minimum absolute atomic E-state index is 0.0285. The maximum absolute atomic E-state index is 13.8. The predicted molar refractivity (Wildman–Crippen MR) is 152 cm³/mol. The first kappa shape index (κ1) is 29.5. The van der Waals surface area contributed by atoms with Crippen LogP contribution >= 0.6 is 23.2 Å². The summed E-state index contributed by atoms with van der Waals surface area (Å²) >= 11 is 12.4. The molecule has 0 aliphatic rings.